The van der Waals surface area contributed by atoms with Crippen LogP contribution < -0.4 is 11.0 Å². The summed E-state index contributed by atoms with van der Waals surface area (Å²) in [4.78, 5) is 36.8. The molecule has 32 heavy (non-hydrogen) atoms. The van der Waals surface area contributed by atoms with Gasteiger partial charge in [-0.1, -0.05) is 36.5 Å². The number of imidazole rings is 1. The molecule has 1 aromatic carbocycles. The SMILES string of the molecule is O=C(O)CCn1c(=O)n(CC2=CC=CC3=CC=CCC32)c2ccc(C(=O)NCCO)cc21. The van der Waals surface area contributed by atoms with Crippen molar-refractivity contribution in [1.82, 2.24) is 14.5 Å². The van der Waals surface area contributed by atoms with Gasteiger partial charge in [0.05, 0.1) is 24.1 Å². The fraction of sp³-hybridized carbons (Fsp3) is 0.292. The Morgan fingerprint density at radius 2 is 1.97 bits per heavy atom. The van der Waals surface area contributed by atoms with E-state index in [1.54, 1.807) is 22.8 Å². The minimum Gasteiger partial charge on any atom is -0.481 e. The first-order valence-electron chi connectivity index (χ1n) is 10.6. The maximum atomic E-state index is 13.3. The summed E-state index contributed by atoms with van der Waals surface area (Å²) < 4.78 is 3.07. The maximum Gasteiger partial charge on any atom is 0.329 e. The lowest BCUT2D eigenvalue weighted by molar-refractivity contribution is -0.137. The third-order valence-corrected chi connectivity index (χ3v) is 5.81. The van der Waals surface area contributed by atoms with Gasteiger partial charge in [-0.05, 0) is 35.8 Å². The van der Waals surface area contributed by atoms with Crippen molar-refractivity contribution in [2.75, 3.05) is 13.2 Å². The summed E-state index contributed by atoms with van der Waals surface area (Å²) in [6.07, 6.45) is 13.0. The second kappa shape index (κ2) is 9.23. The third-order valence-electron chi connectivity index (χ3n) is 5.81. The average Bonchev–Trinajstić information content (AvgIpc) is 3.06. The van der Waals surface area contributed by atoms with Crippen molar-refractivity contribution in [2.24, 2.45) is 5.92 Å². The predicted molar refractivity (Wildman–Crippen MR) is 120 cm³/mol. The zero-order valence-corrected chi connectivity index (χ0v) is 17.5. The van der Waals surface area contributed by atoms with E-state index in [4.69, 9.17) is 10.2 Å². The van der Waals surface area contributed by atoms with Crippen molar-refractivity contribution in [3.63, 3.8) is 0 Å². The van der Waals surface area contributed by atoms with E-state index in [9.17, 15) is 14.4 Å². The number of carbonyl (C=O) groups excluding carboxylic acids is 1. The van der Waals surface area contributed by atoms with Crippen LogP contribution in [0.2, 0.25) is 0 Å². The van der Waals surface area contributed by atoms with Gasteiger partial charge in [0.15, 0.2) is 0 Å². The molecule has 0 spiro atoms. The quantitative estimate of drug-likeness (QED) is 0.587. The number of hydrogen-bond acceptors (Lipinski definition) is 4. The molecule has 1 heterocycles. The molecule has 1 unspecified atom stereocenters. The van der Waals surface area contributed by atoms with Crippen molar-refractivity contribution in [3.8, 4) is 0 Å². The predicted octanol–water partition coefficient (Wildman–Crippen LogP) is 2.00. The Kier molecular flexibility index (Phi) is 6.23. The van der Waals surface area contributed by atoms with E-state index in [0.717, 1.165) is 12.0 Å². The fourth-order valence-corrected chi connectivity index (χ4v) is 4.24. The smallest absolute Gasteiger partial charge is 0.329 e. The summed E-state index contributed by atoms with van der Waals surface area (Å²) >= 11 is 0. The summed E-state index contributed by atoms with van der Waals surface area (Å²) in [5, 5.41) is 20.7. The summed E-state index contributed by atoms with van der Waals surface area (Å²) in [7, 11) is 0. The second-order valence-electron chi connectivity index (χ2n) is 7.83. The van der Waals surface area contributed by atoms with Crippen LogP contribution in [0.15, 0.2) is 70.6 Å². The number of hydrogen-bond donors (Lipinski definition) is 3. The monoisotopic (exact) mass is 435 g/mol. The molecule has 2 aliphatic carbocycles. The zero-order chi connectivity index (χ0) is 22.7. The van der Waals surface area contributed by atoms with E-state index in [2.05, 4.69) is 23.5 Å². The number of nitrogens with one attached hydrogen (secondary N) is 1. The number of aliphatic hydroxyl groups excluding tert-OH is 1. The normalized spacial score (nSPS) is 17.1. The van der Waals surface area contributed by atoms with Crippen molar-refractivity contribution in [1.29, 1.82) is 0 Å². The molecule has 8 nitrogen and oxygen atoms in total. The number of fused-ring (bicyclic) bond motifs is 2. The molecule has 0 radical (unpaired) electrons. The summed E-state index contributed by atoms with van der Waals surface area (Å²) in [6, 6.07) is 4.96. The highest BCUT2D eigenvalue weighted by Crippen LogP contribution is 2.33. The topological polar surface area (TPSA) is 114 Å². The molecular weight excluding hydrogens is 410 g/mol. The van der Waals surface area contributed by atoms with Gasteiger partial charge in [-0.25, -0.2) is 4.79 Å². The summed E-state index contributed by atoms with van der Waals surface area (Å²) in [5.41, 5.74) is 3.50. The van der Waals surface area contributed by atoms with Crippen LogP contribution in [0.1, 0.15) is 23.2 Å². The summed E-state index contributed by atoms with van der Waals surface area (Å²) in [6.45, 7) is 0.336. The molecule has 2 aromatic rings. The first-order valence-corrected chi connectivity index (χ1v) is 10.6. The van der Waals surface area contributed by atoms with Crippen LogP contribution in [-0.4, -0.2) is 44.4 Å². The molecule has 1 aromatic heterocycles. The Morgan fingerprint density at radius 3 is 2.75 bits per heavy atom. The van der Waals surface area contributed by atoms with E-state index in [-0.39, 0.29) is 43.6 Å². The van der Waals surface area contributed by atoms with Crippen LogP contribution in [0.4, 0.5) is 0 Å². The molecule has 3 N–H and O–H groups in total. The molecule has 0 fully saturated rings. The average molecular weight is 435 g/mol. The van der Waals surface area contributed by atoms with Crippen LogP contribution in [-0.2, 0) is 17.9 Å². The zero-order valence-electron chi connectivity index (χ0n) is 17.5. The van der Waals surface area contributed by atoms with E-state index in [1.807, 2.05) is 18.2 Å². The number of carboxylic acid groups (broad SMARTS) is 1. The second-order valence-corrected chi connectivity index (χ2v) is 7.83. The Morgan fingerprint density at radius 1 is 1.12 bits per heavy atom. The van der Waals surface area contributed by atoms with Crippen LogP contribution in [0.5, 0.6) is 0 Å². The number of carboxylic acids is 1. The first-order chi connectivity index (χ1) is 15.5. The molecular formula is C24H25N3O5. The lowest BCUT2D eigenvalue weighted by Gasteiger charge is -2.25. The third kappa shape index (κ3) is 4.22. The van der Waals surface area contributed by atoms with Crippen LogP contribution >= 0.6 is 0 Å². The molecule has 166 valence electrons. The van der Waals surface area contributed by atoms with Gasteiger partial charge < -0.3 is 15.5 Å². The van der Waals surface area contributed by atoms with Crippen molar-refractivity contribution in [3.05, 3.63) is 81.8 Å². The number of amides is 1. The molecule has 2 aliphatic rings. The Labute approximate surface area is 184 Å². The van der Waals surface area contributed by atoms with Gasteiger partial charge in [-0.15, -0.1) is 0 Å². The number of aliphatic carboxylic acids is 1. The van der Waals surface area contributed by atoms with E-state index in [1.165, 1.54) is 10.1 Å². The molecule has 4 rings (SSSR count). The lowest BCUT2D eigenvalue weighted by atomic mass is 9.82. The molecule has 1 atom stereocenters. The van der Waals surface area contributed by atoms with E-state index < -0.39 is 5.97 Å². The highest BCUT2D eigenvalue weighted by atomic mass is 16.4. The number of allylic oxidation sites excluding steroid dienone is 8. The Bertz CT molecular complexity index is 1240. The van der Waals surface area contributed by atoms with Gasteiger partial charge in [0.2, 0.25) is 0 Å². The number of aliphatic hydroxyl groups is 1. The standard InChI is InChI=1S/C24H25N3O5/c28-13-11-25-23(31)17-8-9-20-21(14-17)26(12-10-22(29)30)24(32)27(20)15-18-6-3-5-16-4-1-2-7-19(16)18/h1-6,8-9,14,19,28H,7,10-13,15H2,(H,25,31)(H,29,30). The molecule has 1 amide bonds. The number of nitrogens with zero attached hydrogens (tertiary/aromatic N) is 2. The van der Waals surface area contributed by atoms with Crippen LogP contribution in [0.25, 0.3) is 11.0 Å². The highest BCUT2D eigenvalue weighted by molar-refractivity contribution is 5.97. The number of aromatic nitrogens is 2. The van der Waals surface area contributed by atoms with Crippen LogP contribution in [0.3, 0.4) is 0 Å². The van der Waals surface area contributed by atoms with Gasteiger partial charge in [0.25, 0.3) is 5.91 Å². The number of rotatable bonds is 8. The highest BCUT2D eigenvalue weighted by Gasteiger charge is 2.23. The Balaban J connectivity index is 1.75. The van der Waals surface area contributed by atoms with E-state index >= 15 is 0 Å². The van der Waals surface area contributed by atoms with Gasteiger partial charge >= 0.3 is 11.7 Å². The van der Waals surface area contributed by atoms with E-state index in [0.29, 0.717) is 23.1 Å². The van der Waals surface area contributed by atoms with Gasteiger partial charge in [0.1, 0.15) is 0 Å². The molecule has 8 heteroatoms. The van der Waals surface area contributed by atoms with Crippen LogP contribution in [0, 0.1) is 5.92 Å². The fourth-order valence-electron chi connectivity index (χ4n) is 4.24. The largest absolute Gasteiger partial charge is 0.481 e. The summed E-state index contributed by atoms with van der Waals surface area (Å²) in [5.74, 6) is -1.16. The van der Waals surface area contributed by atoms with Crippen molar-refractivity contribution >= 4 is 22.9 Å². The first kappa shape index (κ1) is 21.6. The molecule has 0 bridgehead atoms. The minimum absolute atomic E-state index is 0.00957. The van der Waals surface area contributed by atoms with Gasteiger partial charge in [-0.2, -0.15) is 0 Å². The molecule has 0 saturated carbocycles. The molecule has 0 aliphatic heterocycles. The minimum atomic E-state index is -1.00. The lowest BCUT2D eigenvalue weighted by Crippen LogP contribution is -2.27. The van der Waals surface area contributed by atoms with Gasteiger partial charge in [-0.3, -0.25) is 18.7 Å². The van der Waals surface area contributed by atoms with Gasteiger partial charge in [0, 0.05) is 31.1 Å². The Hall–Kier alpha value is -3.65. The molecule has 0 saturated heterocycles. The van der Waals surface area contributed by atoms with Crippen molar-refractivity contribution < 1.29 is 19.8 Å². The maximum absolute atomic E-state index is 13.3. The number of benzene rings is 1. The van der Waals surface area contributed by atoms with Crippen molar-refractivity contribution in [2.45, 2.75) is 25.9 Å². The number of aryl methyl sites for hydroxylation is 1. The number of carbonyl (C=O) groups is 2.